The molecule has 1 aromatic carbocycles. The van der Waals surface area contributed by atoms with Gasteiger partial charge in [0.15, 0.2) is 0 Å². The summed E-state index contributed by atoms with van der Waals surface area (Å²) in [6, 6.07) is 5.84. The molecule has 2 atom stereocenters. The summed E-state index contributed by atoms with van der Waals surface area (Å²) in [6.45, 7) is 3.56. The lowest BCUT2D eigenvalue weighted by Gasteiger charge is -2.30. The molecule has 7 heteroatoms. The fourth-order valence-corrected chi connectivity index (χ4v) is 3.74. The van der Waals surface area contributed by atoms with Crippen molar-refractivity contribution < 1.29 is 12.8 Å². The molecule has 1 aromatic rings. The second-order valence-electron chi connectivity index (χ2n) is 5.04. The Morgan fingerprint density at radius 3 is 2.75 bits per heavy atom. The lowest BCUT2D eigenvalue weighted by atomic mass is 9.96. The van der Waals surface area contributed by atoms with Crippen LogP contribution in [-0.4, -0.2) is 27.5 Å². The van der Waals surface area contributed by atoms with Crippen LogP contribution in [0.5, 0.6) is 0 Å². The van der Waals surface area contributed by atoms with Crippen LogP contribution in [0.4, 0.5) is 4.39 Å². The molecule has 1 heterocycles. The molecule has 114 valence electrons. The van der Waals surface area contributed by atoms with Crippen molar-refractivity contribution in [2.24, 2.45) is 5.92 Å². The van der Waals surface area contributed by atoms with E-state index >= 15 is 0 Å². The van der Waals surface area contributed by atoms with E-state index in [9.17, 15) is 12.8 Å². The van der Waals surface area contributed by atoms with Crippen molar-refractivity contribution in [1.82, 2.24) is 10.0 Å². The van der Waals surface area contributed by atoms with Crippen molar-refractivity contribution in [3.8, 4) is 0 Å². The van der Waals surface area contributed by atoms with Crippen molar-refractivity contribution in [2.45, 2.75) is 25.1 Å². The SMILES string of the molecule is CC1CCNCC1NS(=O)(=O)Cc1ccccc1F.Cl. The molecule has 0 spiro atoms. The number of sulfonamides is 1. The Balaban J connectivity index is 0.00000200. The number of halogens is 2. The highest BCUT2D eigenvalue weighted by atomic mass is 35.5. The van der Waals surface area contributed by atoms with Gasteiger partial charge in [0.2, 0.25) is 10.0 Å². The molecular formula is C13H20ClFN2O2S. The summed E-state index contributed by atoms with van der Waals surface area (Å²) in [7, 11) is -3.52. The zero-order valence-corrected chi connectivity index (χ0v) is 12.9. The molecule has 2 rings (SSSR count). The minimum atomic E-state index is -3.52. The first-order valence-electron chi connectivity index (χ1n) is 6.42. The van der Waals surface area contributed by atoms with Crippen LogP contribution in [0.15, 0.2) is 24.3 Å². The largest absolute Gasteiger partial charge is 0.315 e. The average Bonchev–Trinajstić information content (AvgIpc) is 2.35. The Hall–Kier alpha value is -0.690. The van der Waals surface area contributed by atoms with Crippen LogP contribution in [0.2, 0.25) is 0 Å². The van der Waals surface area contributed by atoms with Crippen molar-refractivity contribution in [3.63, 3.8) is 0 Å². The molecule has 0 radical (unpaired) electrons. The van der Waals surface area contributed by atoms with Gasteiger partial charge in [-0.15, -0.1) is 12.4 Å². The number of benzene rings is 1. The van der Waals surface area contributed by atoms with E-state index in [0.29, 0.717) is 6.54 Å². The number of hydrogen-bond acceptors (Lipinski definition) is 3. The van der Waals surface area contributed by atoms with Crippen LogP contribution < -0.4 is 10.0 Å². The fourth-order valence-electron chi connectivity index (χ4n) is 2.24. The average molecular weight is 323 g/mol. The predicted molar refractivity (Wildman–Crippen MR) is 79.8 cm³/mol. The Morgan fingerprint density at radius 2 is 2.10 bits per heavy atom. The molecule has 0 amide bonds. The maximum atomic E-state index is 13.5. The van der Waals surface area contributed by atoms with Crippen LogP contribution in [0.25, 0.3) is 0 Å². The minimum absolute atomic E-state index is 0. The van der Waals surface area contributed by atoms with Crippen LogP contribution in [0, 0.1) is 11.7 Å². The molecule has 0 aliphatic carbocycles. The highest BCUT2D eigenvalue weighted by molar-refractivity contribution is 7.88. The Morgan fingerprint density at radius 1 is 1.40 bits per heavy atom. The van der Waals surface area contributed by atoms with Crippen molar-refractivity contribution in [2.75, 3.05) is 13.1 Å². The summed E-state index contributed by atoms with van der Waals surface area (Å²) in [5, 5.41) is 3.16. The third-order valence-corrected chi connectivity index (χ3v) is 4.81. The highest BCUT2D eigenvalue weighted by Crippen LogP contribution is 2.15. The van der Waals surface area contributed by atoms with E-state index in [4.69, 9.17) is 0 Å². The first-order chi connectivity index (χ1) is 8.98. The quantitative estimate of drug-likeness (QED) is 0.886. The van der Waals surface area contributed by atoms with E-state index in [-0.39, 0.29) is 35.7 Å². The first kappa shape index (κ1) is 17.4. The topological polar surface area (TPSA) is 58.2 Å². The zero-order chi connectivity index (χ0) is 13.9. The second-order valence-corrected chi connectivity index (χ2v) is 6.80. The lowest BCUT2D eigenvalue weighted by molar-refractivity contribution is 0.327. The summed E-state index contributed by atoms with van der Waals surface area (Å²) >= 11 is 0. The number of nitrogens with one attached hydrogen (secondary N) is 2. The van der Waals surface area contributed by atoms with Crippen molar-refractivity contribution >= 4 is 22.4 Å². The Bertz CT molecular complexity index is 539. The lowest BCUT2D eigenvalue weighted by Crippen LogP contribution is -2.50. The van der Waals surface area contributed by atoms with Crippen molar-refractivity contribution in [1.29, 1.82) is 0 Å². The smallest absolute Gasteiger partial charge is 0.216 e. The van der Waals surface area contributed by atoms with E-state index in [1.807, 2.05) is 6.92 Å². The predicted octanol–water partition coefficient (Wildman–Crippen LogP) is 1.66. The van der Waals surface area contributed by atoms with Gasteiger partial charge in [-0.1, -0.05) is 25.1 Å². The Kier molecular flexibility index (Phi) is 6.39. The molecule has 2 unspecified atom stereocenters. The van der Waals surface area contributed by atoms with Gasteiger partial charge in [-0.25, -0.2) is 17.5 Å². The molecule has 1 saturated heterocycles. The standard InChI is InChI=1S/C13H19FN2O2S.ClH/c1-10-6-7-15-8-13(10)16-19(17,18)9-11-4-2-3-5-12(11)14;/h2-5,10,13,15-16H,6-9H2,1H3;1H. The normalized spacial score (nSPS) is 23.1. The monoisotopic (exact) mass is 322 g/mol. The van der Waals surface area contributed by atoms with Gasteiger partial charge in [0, 0.05) is 18.2 Å². The first-order valence-corrected chi connectivity index (χ1v) is 8.07. The summed E-state index contributed by atoms with van der Waals surface area (Å²) in [5.74, 6) is -0.512. The summed E-state index contributed by atoms with van der Waals surface area (Å²) in [6.07, 6.45) is 0.937. The van der Waals surface area contributed by atoms with Gasteiger partial charge >= 0.3 is 0 Å². The van der Waals surface area contributed by atoms with Crippen LogP contribution in [0.3, 0.4) is 0 Å². The maximum absolute atomic E-state index is 13.5. The van der Waals surface area contributed by atoms with Gasteiger partial charge in [0.25, 0.3) is 0 Å². The highest BCUT2D eigenvalue weighted by Gasteiger charge is 2.26. The molecule has 0 aromatic heterocycles. The van der Waals surface area contributed by atoms with Gasteiger partial charge < -0.3 is 5.32 Å². The molecule has 0 saturated carbocycles. The zero-order valence-electron chi connectivity index (χ0n) is 11.3. The number of piperidine rings is 1. The third-order valence-electron chi connectivity index (χ3n) is 3.46. The molecule has 2 N–H and O–H groups in total. The van der Waals surface area contributed by atoms with E-state index in [0.717, 1.165) is 13.0 Å². The maximum Gasteiger partial charge on any atom is 0.216 e. The van der Waals surface area contributed by atoms with Crippen molar-refractivity contribution in [3.05, 3.63) is 35.6 Å². The third kappa shape index (κ3) is 4.70. The minimum Gasteiger partial charge on any atom is -0.315 e. The number of hydrogen-bond donors (Lipinski definition) is 2. The molecule has 1 aliphatic heterocycles. The van der Waals surface area contributed by atoms with Gasteiger partial charge in [0.05, 0.1) is 5.75 Å². The molecule has 0 bridgehead atoms. The molecule has 4 nitrogen and oxygen atoms in total. The van der Waals surface area contributed by atoms with Crippen LogP contribution in [0.1, 0.15) is 18.9 Å². The number of rotatable bonds is 4. The Labute approximate surface area is 125 Å². The molecular weight excluding hydrogens is 303 g/mol. The van der Waals surface area contributed by atoms with E-state index in [1.54, 1.807) is 12.1 Å². The molecule has 1 aliphatic rings. The van der Waals surface area contributed by atoms with Gasteiger partial charge in [-0.2, -0.15) is 0 Å². The summed E-state index contributed by atoms with van der Waals surface area (Å²) in [5.41, 5.74) is 0.200. The van der Waals surface area contributed by atoms with Gasteiger partial charge in [0.1, 0.15) is 5.82 Å². The van der Waals surface area contributed by atoms with Crippen LogP contribution in [-0.2, 0) is 15.8 Å². The van der Waals surface area contributed by atoms with Gasteiger partial charge in [-0.3, -0.25) is 0 Å². The second kappa shape index (κ2) is 7.36. The van der Waals surface area contributed by atoms with E-state index in [1.165, 1.54) is 12.1 Å². The molecule has 20 heavy (non-hydrogen) atoms. The van der Waals surface area contributed by atoms with E-state index < -0.39 is 15.8 Å². The van der Waals surface area contributed by atoms with E-state index in [2.05, 4.69) is 10.0 Å². The van der Waals surface area contributed by atoms with Gasteiger partial charge in [-0.05, 0) is 24.9 Å². The summed E-state index contributed by atoms with van der Waals surface area (Å²) < 4.78 is 40.3. The van der Waals surface area contributed by atoms with Crippen LogP contribution >= 0.6 is 12.4 Å². The summed E-state index contributed by atoms with van der Waals surface area (Å²) in [4.78, 5) is 0. The fraction of sp³-hybridized carbons (Fsp3) is 0.538. The molecule has 1 fully saturated rings.